The van der Waals surface area contributed by atoms with Crippen molar-refractivity contribution in [2.45, 2.75) is 53.6 Å². The van der Waals surface area contributed by atoms with E-state index in [-0.39, 0.29) is 83.5 Å². The topological polar surface area (TPSA) is 47.9 Å². The molecule has 2 aliphatic heterocycles. The third-order valence-corrected chi connectivity index (χ3v) is 8.39. The molecule has 1 saturated heterocycles. The molecule has 2 atom stereocenters. The molecule has 3 aromatic carbocycles. The summed E-state index contributed by atoms with van der Waals surface area (Å²) in [6.45, 7) is 16.0. The zero-order valence-electron chi connectivity index (χ0n) is 24.0. The van der Waals surface area contributed by atoms with Crippen LogP contribution in [0, 0.1) is 47.6 Å². The number of carbonyl (C=O) groups is 1. The van der Waals surface area contributed by atoms with E-state index in [0.29, 0.717) is 13.1 Å². The van der Waals surface area contributed by atoms with E-state index < -0.39 is 0 Å². The molecule has 2 heterocycles. The number of hydrogen-bond donors (Lipinski definition) is 1. The summed E-state index contributed by atoms with van der Waals surface area (Å²) in [6.07, 6.45) is 0. The average Bonchev–Trinajstić information content (AvgIpc) is 3.32. The van der Waals surface area contributed by atoms with Gasteiger partial charge in [0.05, 0.1) is 6.04 Å². The Morgan fingerprint density at radius 3 is 1.90 bits per heavy atom. The number of aliphatic imine (C=N–C) groups is 1. The number of aryl methyl sites for hydroxylation is 1. The van der Waals surface area contributed by atoms with E-state index in [2.05, 4.69) is 89.3 Å². The van der Waals surface area contributed by atoms with Crippen molar-refractivity contribution in [3.63, 3.8) is 0 Å². The molecular weight excluding hydrogens is 634 g/mol. The predicted octanol–water partition coefficient (Wildman–Crippen LogP) is 5.90. The Balaban J connectivity index is 0.00000210. The molecule has 0 aromatic heterocycles. The zero-order chi connectivity index (χ0) is 26.3. The van der Waals surface area contributed by atoms with Gasteiger partial charge in [-0.05, 0) is 74.9 Å². The fraction of sp³-hybridized carbons (Fsp3) is 0.375. The minimum absolute atomic E-state index is 0. The molecule has 3 aromatic rings. The molecule has 0 saturated carbocycles. The van der Waals surface area contributed by atoms with Crippen molar-refractivity contribution in [3.8, 4) is 0 Å². The molecule has 5 nitrogen and oxygen atoms in total. The first-order chi connectivity index (χ1) is 17.8. The number of benzene rings is 3. The van der Waals surface area contributed by atoms with Crippen molar-refractivity contribution in [1.82, 2.24) is 15.1 Å². The summed E-state index contributed by atoms with van der Waals surface area (Å²) in [5.74, 6) is 0.785. The largest absolute Gasteiger partial charge is 0.326 e. The Morgan fingerprint density at radius 1 is 0.795 bits per heavy atom. The van der Waals surface area contributed by atoms with Crippen LogP contribution in [0.15, 0.2) is 53.5 Å². The SMILES string of the molecule is Cc1ccc([C@H]2N=C(c3c(C)c(C)c(C)c(C)c3C)N(C(=O)N3CCNCC3)[C@H]2c2cc[c-]cc2)cc1.[Y].[Y]. The summed E-state index contributed by atoms with van der Waals surface area (Å²) in [7, 11) is 0. The molecule has 0 aliphatic carbocycles. The van der Waals surface area contributed by atoms with Gasteiger partial charge in [-0.3, -0.25) is 9.89 Å². The first kappa shape index (κ1) is 32.3. The van der Waals surface area contributed by atoms with Crippen LogP contribution in [0.3, 0.4) is 0 Å². The van der Waals surface area contributed by atoms with E-state index in [9.17, 15) is 4.79 Å². The summed E-state index contributed by atoms with van der Waals surface area (Å²) in [6, 6.07) is 19.4. The number of nitrogens with zero attached hydrogens (tertiary/aromatic N) is 3. The van der Waals surface area contributed by atoms with Gasteiger partial charge in [-0.15, -0.1) is 5.56 Å². The minimum Gasteiger partial charge on any atom is -0.322 e. The predicted molar refractivity (Wildman–Crippen MR) is 150 cm³/mol. The number of hydrogen-bond acceptors (Lipinski definition) is 3. The number of carbonyl (C=O) groups excluding carboxylic acids is 1. The van der Waals surface area contributed by atoms with Gasteiger partial charge in [-0.1, -0.05) is 29.8 Å². The van der Waals surface area contributed by atoms with Gasteiger partial charge in [0.1, 0.15) is 11.9 Å². The number of urea groups is 1. The van der Waals surface area contributed by atoms with Crippen LogP contribution in [0.5, 0.6) is 0 Å². The van der Waals surface area contributed by atoms with Crippen LogP contribution in [0.4, 0.5) is 4.79 Å². The third-order valence-electron chi connectivity index (χ3n) is 8.39. The van der Waals surface area contributed by atoms with Gasteiger partial charge in [-0.2, -0.15) is 30.3 Å². The molecule has 2 aliphatic rings. The van der Waals surface area contributed by atoms with E-state index in [1.165, 1.54) is 33.4 Å². The Hall–Kier alpha value is -1.23. The molecule has 0 bridgehead atoms. The van der Waals surface area contributed by atoms with Gasteiger partial charge >= 0.3 is 6.03 Å². The van der Waals surface area contributed by atoms with Crippen molar-refractivity contribution in [2.24, 2.45) is 4.99 Å². The molecule has 198 valence electrons. The molecule has 7 heteroatoms. The molecule has 5 rings (SSSR count). The van der Waals surface area contributed by atoms with E-state index in [4.69, 9.17) is 4.99 Å². The van der Waals surface area contributed by atoms with Crippen LogP contribution in [0.25, 0.3) is 0 Å². The van der Waals surface area contributed by atoms with E-state index in [0.717, 1.165) is 35.6 Å². The van der Waals surface area contributed by atoms with Crippen LogP contribution < -0.4 is 5.32 Å². The molecule has 0 unspecified atom stereocenters. The second-order valence-electron chi connectivity index (χ2n) is 10.5. The van der Waals surface area contributed by atoms with Crippen LogP contribution in [0.2, 0.25) is 0 Å². The smallest absolute Gasteiger partial charge is 0.322 e. The molecular formula is C32H37N4OY2-. The monoisotopic (exact) mass is 671 g/mol. The molecule has 39 heavy (non-hydrogen) atoms. The van der Waals surface area contributed by atoms with Crippen LogP contribution in [-0.4, -0.2) is 47.8 Å². The Labute approximate surface area is 284 Å². The van der Waals surface area contributed by atoms with Gasteiger partial charge in [0.15, 0.2) is 0 Å². The van der Waals surface area contributed by atoms with Crippen molar-refractivity contribution < 1.29 is 70.2 Å². The van der Waals surface area contributed by atoms with Gasteiger partial charge < -0.3 is 10.2 Å². The average molecular weight is 671 g/mol. The molecule has 2 radical (unpaired) electrons. The van der Waals surface area contributed by atoms with Crippen LogP contribution >= 0.6 is 0 Å². The summed E-state index contributed by atoms with van der Waals surface area (Å²) < 4.78 is 0. The quantitative estimate of drug-likeness (QED) is 0.353. The van der Waals surface area contributed by atoms with Crippen molar-refractivity contribution in [1.29, 1.82) is 0 Å². The summed E-state index contributed by atoms with van der Waals surface area (Å²) in [4.78, 5) is 23.8. The first-order valence-electron chi connectivity index (χ1n) is 13.3. The number of piperazine rings is 1. The Bertz CT molecular complexity index is 1320. The molecule has 1 fully saturated rings. The van der Waals surface area contributed by atoms with E-state index in [1.54, 1.807) is 0 Å². The number of nitrogens with one attached hydrogen (secondary N) is 1. The maximum absolute atomic E-state index is 14.4. The van der Waals surface area contributed by atoms with Crippen molar-refractivity contribution in [2.75, 3.05) is 26.2 Å². The summed E-state index contributed by atoms with van der Waals surface area (Å²) in [5, 5.41) is 3.38. The maximum Gasteiger partial charge on any atom is 0.326 e. The normalized spacial score (nSPS) is 18.8. The molecule has 2 amide bonds. The Kier molecular flexibility index (Phi) is 11.3. The van der Waals surface area contributed by atoms with Crippen molar-refractivity contribution in [3.05, 3.63) is 105 Å². The summed E-state index contributed by atoms with van der Waals surface area (Å²) in [5.41, 5.74) is 10.7. The second kappa shape index (κ2) is 13.6. The zero-order valence-corrected chi connectivity index (χ0v) is 29.7. The number of rotatable bonds is 3. The molecule has 1 N–H and O–H groups in total. The standard InChI is InChI=1S/C32H37N4O.2Y/c1-20-12-14-26(15-13-20)29-30(27-10-8-7-9-11-27)36(32(37)35-18-16-33-17-19-35)31(34-29)28-24(5)22(3)21(2)23(4)25(28)6;;/h8-15,29-30,33H,16-19H2,1-6H3;;/q-1;;/t29-,30+;;/m1../s1. The number of amides is 2. The van der Waals surface area contributed by atoms with Gasteiger partial charge in [0, 0.05) is 97.2 Å². The fourth-order valence-corrected chi connectivity index (χ4v) is 5.72. The van der Waals surface area contributed by atoms with Crippen molar-refractivity contribution >= 4 is 11.9 Å². The maximum atomic E-state index is 14.4. The van der Waals surface area contributed by atoms with E-state index >= 15 is 0 Å². The van der Waals surface area contributed by atoms with Crippen LogP contribution in [0.1, 0.15) is 62.2 Å². The van der Waals surface area contributed by atoms with Gasteiger partial charge in [0.2, 0.25) is 0 Å². The Morgan fingerprint density at radius 2 is 1.33 bits per heavy atom. The second-order valence-corrected chi connectivity index (χ2v) is 10.5. The number of amidine groups is 1. The molecule has 0 spiro atoms. The first-order valence-corrected chi connectivity index (χ1v) is 13.3. The van der Waals surface area contributed by atoms with Gasteiger partial charge in [-0.25, -0.2) is 4.79 Å². The van der Waals surface area contributed by atoms with E-state index in [1.807, 2.05) is 21.9 Å². The van der Waals surface area contributed by atoms with Gasteiger partial charge in [0.25, 0.3) is 0 Å². The summed E-state index contributed by atoms with van der Waals surface area (Å²) >= 11 is 0. The minimum atomic E-state index is -0.240. The fourth-order valence-electron chi connectivity index (χ4n) is 5.72. The third kappa shape index (κ3) is 6.19. The van der Waals surface area contributed by atoms with Crippen LogP contribution in [-0.2, 0) is 65.4 Å².